The molecule has 58 valence electrons. The van der Waals surface area contributed by atoms with E-state index in [1.807, 2.05) is 6.92 Å². The molecule has 0 aliphatic heterocycles. The van der Waals surface area contributed by atoms with Crippen molar-refractivity contribution in [2.75, 3.05) is 19.7 Å². The van der Waals surface area contributed by atoms with Crippen LogP contribution in [0.2, 0.25) is 0 Å². The molecule has 0 fully saturated rings. The van der Waals surface area contributed by atoms with Crippen LogP contribution in [0.5, 0.6) is 0 Å². The van der Waals surface area contributed by atoms with Crippen molar-refractivity contribution in [3.8, 4) is 0 Å². The summed E-state index contributed by atoms with van der Waals surface area (Å²) in [7, 11) is 0. The maximum absolute atomic E-state index is 8.39. The van der Waals surface area contributed by atoms with Gasteiger partial charge in [-0.05, 0) is 19.2 Å². The van der Waals surface area contributed by atoms with Crippen LogP contribution >= 0.6 is 0 Å². The third kappa shape index (κ3) is 5.47. The molecule has 0 amide bonds. The monoisotopic (exact) mass is 142 g/mol. The second kappa shape index (κ2) is 6.45. The van der Waals surface area contributed by atoms with Crippen molar-refractivity contribution >= 4 is 6.72 Å². The van der Waals surface area contributed by atoms with Crippen LogP contribution in [0.25, 0.3) is 0 Å². The Morgan fingerprint density at radius 3 is 3.00 bits per heavy atom. The summed E-state index contributed by atoms with van der Waals surface area (Å²) in [4.78, 5) is 3.60. The van der Waals surface area contributed by atoms with E-state index in [0.29, 0.717) is 6.54 Å². The molecule has 0 unspecified atom stereocenters. The molecule has 2 N–H and O–H groups in total. The maximum atomic E-state index is 8.39. The van der Waals surface area contributed by atoms with E-state index in [4.69, 9.17) is 5.11 Å². The van der Waals surface area contributed by atoms with E-state index < -0.39 is 0 Å². The molecule has 3 heteroatoms. The van der Waals surface area contributed by atoms with Crippen molar-refractivity contribution < 1.29 is 5.11 Å². The lowest BCUT2D eigenvalue weighted by atomic mass is 10.3. The van der Waals surface area contributed by atoms with E-state index in [2.05, 4.69) is 17.0 Å². The zero-order valence-electron chi connectivity index (χ0n) is 6.30. The number of aliphatic hydroxyl groups is 1. The van der Waals surface area contributed by atoms with Crippen LogP contribution in [-0.4, -0.2) is 31.5 Å². The summed E-state index contributed by atoms with van der Waals surface area (Å²) in [6.45, 7) is 6.85. The van der Waals surface area contributed by atoms with Gasteiger partial charge in [0.25, 0.3) is 0 Å². The highest BCUT2D eigenvalue weighted by atomic mass is 16.3. The van der Waals surface area contributed by atoms with Gasteiger partial charge < -0.3 is 10.4 Å². The molecule has 0 aliphatic rings. The van der Waals surface area contributed by atoms with Crippen LogP contribution in [0.3, 0.4) is 0 Å². The smallest absolute Gasteiger partial charge is 0.0556 e. The molecule has 0 bridgehead atoms. The van der Waals surface area contributed by atoms with Gasteiger partial charge in [0.05, 0.1) is 6.61 Å². The predicted molar refractivity (Wildman–Crippen MR) is 43.3 cm³/mol. The average Bonchev–Trinajstić information content (AvgIpc) is 1.89. The molecule has 0 aromatic rings. The van der Waals surface area contributed by atoms with E-state index in [-0.39, 0.29) is 6.61 Å². The first-order valence-electron chi connectivity index (χ1n) is 3.24. The Morgan fingerprint density at radius 1 is 1.80 bits per heavy atom. The lowest BCUT2D eigenvalue weighted by Gasteiger charge is -2.00. The fourth-order valence-electron chi connectivity index (χ4n) is 0.566. The molecule has 0 aromatic carbocycles. The molecule has 0 atom stereocenters. The molecule has 3 nitrogen and oxygen atoms in total. The van der Waals surface area contributed by atoms with Crippen molar-refractivity contribution in [3.05, 3.63) is 11.8 Å². The summed E-state index contributed by atoms with van der Waals surface area (Å²) in [6.07, 6.45) is 1.70. The Balaban J connectivity index is 3.29. The number of hydrogen-bond acceptors (Lipinski definition) is 3. The Morgan fingerprint density at radius 2 is 2.50 bits per heavy atom. The van der Waals surface area contributed by atoms with Crippen molar-refractivity contribution in [2.24, 2.45) is 4.99 Å². The van der Waals surface area contributed by atoms with Gasteiger partial charge in [-0.15, -0.1) is 0 Å². The normalized spacial score (nSPS) is 11.6. The quantitative estimate of drug-likeness (QED) is 0.424. The lowest BCUT2D eigenvalue weighted by molar-refractivity contribution is 0.294. The first-order chi connectivity index (χ1) is 4.81. The summed E-state index contributed by atoms with van der Waals surface area (Å²) in [5.41, 5.74) is 1.11. The van der Waals surface area contributed by atoms with Crippen LogP contribution < -0.4 is 5.32 Å². The Hall–Kier alpha value is -0.670. The standard InChI is InChI=1S/C7H14N2O/c1-7(5-8-2)6-9-3-4-10/h5,9-10H,2-4,6H2,1H3/b7-5+. The molecule has 0 spiro atoms. The summed E-state index contributed by atoms with van der Waals surface area (Å²) in [6, 6.07) is 0. The number of hydrogen-bond donors (Lipinski definition) is 2. The molecule has 0 saturated carbocycles. The van der Waals surface area contributed by atoms with E-state index in [0.717, 1.165) is 12.1 Å². The van der Waals surface area contributed by atoms with E-state index >= 15 is 0 Å². The van der Waals surface area contributed by atoms with E-state index in [9.17, 15) is 0 Å². The second-order valence-corrected chi connectivity index (χ2v) is 2.06. The van der Waals surface area contributed by atoms with Crippen molar-refractivity contribution in [1.29, 1.82) is 0 Å². The number of nitrogens with one attached hydrogen (secondary N) is 1. The summed E-state index contributed by atoms with van der Waals surface area (Å²) in [5, 5.41) is 11.4. The minimum atomic E-state index is 0.175. The Labute approximate surface area is 61.5 Å². The summed E-state index contributed by atoms with van der Waals surface area (Å²) < 4.78 is 0. The van der Waals surface area contributed by atoms with Crippen molar-refractivity contribution in [1.82, 2.24) is 5.32 Å². The summed E-state index contributed by atoms with van der Waals surface area (Å²) >= 11 is 0. The van der Waals surface area contributed by atoms with Crippen LogP contribution in [0.15, 0.2) is 16.8 Å². The number of aliphatic hydroxyl groups excluding tert-OH is 1. The Bertz CT molecular complexity index is 121. The van der Waals surface area contributed by atoms with Gasteiger partial charge >= 0.3 is 0 Å². The molecule has 0 aromatic heterocycles. The van der Waals surface area contributed by atoms with Gasteiger partial charge in [0.2, 0.25) is 0 Å². The minimum Gasteiger partial charge on any atom is -0.395 e. The maximum Gasteiger partial charge on any atom is 0.0556 e. The molecular weight excluding hydrogens is 128 g/mol. The van der Waals surface area contributed by atoms with E-state index in [1.165, 1.54) is 0 Å². The van der Waals surface area contributed by atoms with Crippen molar-refractivity contribution in [3.63, 3.8) is 0 Å². The molecule has 0 saturated heterocycles. The zero-order chi connectivity index (χ0) is 7.82. The highest BCUT2D eigenvalue weighted by molar-refractivity contribution is 5.26. The van der Waals surface area contributed by atoms with Gasteiger partial charge in [0.1, 0.15) is 0 Å². The fraction of sp³-hybridized carbons (Fsp3) is 0.571. The van der Waals surface area contributed by atoms with Gasteiger partial charge in [-0.3, -0.25) is 4.99 Å². The lowest BCUT2D eigenvalue weighted by Crippen LogP contribution is -2.19. The first kappa shape index (κ1) is 9.33. The predicted octanol–water partition coefficient (Wildman–Crippen LogP) is 0.173. The second-order valence-electron chi connectivity index (χ2n) is 2.06. The molecule has 10 heavy (non-hydrogen) atoms. The van der Waals surface area contributed by atoms with Crippen LogP contribution in [-0.2, 0) is 0 Å². The van der Waals surface area contributed by atoms with Gasteiger partial charge in [-0.2, -0.15) is 0 Å². The fourth-order valence-corrected chi connectivity index (χ4v) is 0.566. The van der Waals surface area contributed by atoms with E-state index in [1.54, 1.807) is 6.20 Å². The third-order valence-corrected chi connectivity index (χ3v) is 1.00. The van der Waals surface area contributed by atoms with Crippen molar-refractivity contribution in [2.45, 2.75) is 6.92 Å². The van der Waals surface area contributed by atoms with Gasteiger partial charge in [0, 0.05) is 19.3 Å². The molecule has 0 aliphatic carbocycles. The van der Waals surface area contributed by atoms with Crippen LogP contribution in [0.4, 0.5) is 0 Å². The molecular formula is C7H14N2O. The number of nitrogens with zero attached hydrogens (tertiary/aromatic N) is 1. The molecule has 0 rings (SSSR count). The summed E-state index contributed by atoms with van der Waals surface area (Å²) in [5.74, 6) is 0. The Kier molecular flexibility index (Phi) is 6.02. The number of aliphatic imine (C=N–C) groups is 1. The van der Waals surface area contributed by atoms with Gasteiger partial charge in [0.15, 0.2) is 0 Å². The van der Waals surface area contributed by atoms with Gasteiger partial charge in [-0.25, -0.2) is 0 Å². The minimum absolute atomic E-state index is 0.175. The molecule has 0 radical (unpaired) electrons. The highest BCUT2D eigenvalue weighted by Gasteiger charge is 1.86. The largest absolute Gasteiger partial charge is 0.395 e. The molecule has 0 heterocycles. The van der Waals surface area contributed by atoms with Crippen LogP contribution in [0.1, 0.15) is 6.92 Å². The topological polar surface area (TPSA) is 44.6 Å². The SMILES string of the molecule is C=N/C=C(\C)CNCCO. The third-order valence-electron chi connectivity index (χ3n) is 1.00. The number of rotatable bonds is 5. The highest BCUT2D eigenvalue weighted by Crippen LogP contribution is 1.87. The average molecular weight is 142 g/mol. The van der Waals surface area contributed by atoms with Crippen LogP contribution in [0, 0.1) is 0 Å². The first-order valence-corrected chi connectivity index (χ1v) is 3.24. The zero-order valence-corrected chi connectivity index (χ0v) is 6.30. The van der Waals surface area contributed by atoms with Gasteiger partial charge in [-0.1, -0.05) is 0 Å².